The molecule has 0 aromatic carbocycles. The van der Waals surface area contributed by atoms with Gasteiger partial charge in [-0.3, -0.25) is 0 Å². The first-order valence-corrected chi connectivity index (χ1v) is 8.87. The molecule has 1 aromatic heterocycles. The molecule has 2 heterocycles. The van der Waals surface area contributed by atoms with Gasteiger partial charge >= 0.3 is 0 Å². The van der Waals surface area contributed by atoms with E-state index in [-0.39, 0.29) is 10.7 Å². The van der Waals surface area contributed by atoms with Crippen LogP contribution in [0, 0.1) is 0 Å². The van der Waals surface area contributed by atoms with Crippen molar-refractivity contribution in [1.82, 2.24) is 4.37 Å². The van der Waals surface area contributed by atoms with E-state index < -0.39 is 9.84 Å². The van der Waals surface area contributed by atoms with Crippen LogP contribution in [-0.2, 0) is 9.84 Å². The van der Waals surface area contributed by atoms with Gasteiger partial charge in [-0.2, -0.15) is 4.37 Å². The third-order valence-electron chi connectivity index (χ3n) is 3.17. The van der Waals surface area contributed by atoms with Gasteiger partial charge in [0, 0.05) is 19.3 Å². The molecule has 102 valence electrons. The lowest BCUT2D eigenvalue weighted by Crippen LogP contribution is -2.27. The molecule has 7 heteroatoms. The molecular weight excluding hydrogens is 270 g/mol. The zero-order valence-corrected chi connectivity index (χ0v) is 12.2. The summed E-state index contributed by atoms with van der Waals surface area (Å²) in [5.74, 6) is 0.138. The number of anilines is 2. The number of hydrogen-bond acceptors (Lipinski definition) is 6. The molecular formula is C11H19N3O2S2. The first-order valence-electron chi connectivity index (χ1n) is 6.20. The normalized spacial score (nSPS) is 18.4. The predicted octanol–water partition coefficient (Wildman–Crippen LogP) is 1.90. The monoisotopic (exact) mass is 289 g/mol. The van der Waals surface area contributed by atoms with Crippen molar-refractivity contribution in [3.63, 3.8) is 0 Å². The van der Waals surface area contributed by atoms with Crippen LogP contribution in [0.4, 0.5) is 10.8 Å². The molecule has 1 aromatic rings. The van der Waals surface area contributed by atoms with Crippen molar-refractivity contribution in [3.8, 4) is 0 Å². The Kier molecular flexibility index (Phi) is 4.11. The molecule has 0 radical (unpaired) electrons. The SMILES string of the molecule is CS(=O)(=O)c1c(N)nsc1N1CCCCCCC1. The van der Waals surface area contributed by atoms with Crippen molar-refractivity contribution in [2.45, 2.75) is 37.0 Å². The second-order valence-electron chi connectivity index (χ2n) is 4.73. The summed E-state index contributed by atoms with van der Waals surface area (Å²) in [6.45, 7) is 1.79. The van der Waals surface area contributed by atoms with E-state index in [2.05, 4.69) is 9.27 Å². The number of rotatable bonds is 2. The largest absolute Gasteiger partial charge is 0.382 e. The lowest BCUT2D eigenvalue weighted by molar-refractivity contribution is 0.556. The maximum absolute atomic E-state index is 11.8. The van der Waals surface area contributed by atoms with E-state index in [9.17, 15) is 8.42 Å². The molecule has 18 heavy (non-hydrogen) atoms. The van der Waals surface area contributed by atoms with Crippen LogP contribution in [0.15, 0.2) is 4.90 Å². The van der Waals surface area contributed by atoms with Crippen LogP contribution in [0.5, 0.6) is 0 Å². The summed E-state index contributed by atoms with van der Waals surface area (Å²) in [6.07, 6.45) is 7.08. The predicted molar refractivity (Wildman–Crippen MR) is 74.9 cm³/mol. The Hall–Kier alpha value is -0.820. The van der Waals surface area contributed by atoms with Gasteiger partial charge < -0.3 is 10.6 Å². The Morgan fingerprint density at radius 2 is 1.72 bits per heavy atom. The van der Waals surface area contributed by atoms with E-state index in [1.54, 1.807) is 0 Å². The summed E-state index contributed by atoms with van der Waals surface area (Å²) in [5, 5.41) is 0.719. The highest BCUT2D eigenvalue weighted by atomic mass is 32.2. The topological polar surface area (TPSA) is 76.3 Å². The number of hydrogen-bond donors (Lipinski definition) is 1. The molecule has 1 aliphatic rings. The summed E-state index contributed by atoms with van der Waals surface area (Å²) in [4.78, 5) is 2.34. The van der Waals surface area contributed by atoms with Gasteiger partial charge in [0.25, 0.3) is 0 Å². The summed E-state index contributed by atoms with van der Waals surface area (Å²) in [6, 6.07) is 0. The second kappa shape index (κ2) is 5.44. The van der Waals surface area contributed by atoms with E-state index in [0.717, 1.165) is 30.9 Å². The molecule has 0 spiro atoms. The van der Waals surface area contributed by atoms with E-state index in [1.165, 1.54) is 37.1 Å². The smallest absolute Gasteiger partial charge is 0.182 e. The molecule has 1 aliphatic heterocycles. The van der Waals surface area contributed by atoms with Crippen molar-refractivity contribution in [2.75, 3.05) is 30.0 Å². The van der Waals surface area contributed by atoms with Gasteiger partial charge in [0.2, 0.25) is 0 Å². The van der Waals surface area contributed by atoms with Crippen LogP contribution in [0.25, 0.3) is 0 Å². The highest BCUT2D eigenvalue weighted by Gasteiger charge is 2.25. The molecule has 2 N–H and O–H groups in total. The Balaban J connectivity index is 2.32. The Labute approximate surface area is 112 Å². The average Bonchev–Trinajstić information content (AvgIpc) is 2.59. The van der Waals surface area contributed by atoms with E-state index in [1.807, 2.05) is 0 Å². The molecule has 1 saturated heterocycles. The molecule has 2 rings (SSSR count). The quantitative estimate of drug-likeness (QED) is 0.900. The van der Waals surface area contributed by atoms with Crippen molar-refractivity contribution in [1.29, 1.82) is 0 Å². The Morgan fingerprint density at radius 3 is 2.28 bits per heavy atom. The van der Waals surface area contributed by atoms with Crippen LogP contribution in [-0.4, -0.2) is 32.1 Å². The maximum Gasteiger partial charge on any atom is 0.182 e. The van der Waals surface area contributed by atoms with E-state index in [4.69, 9.17) is 5.73 Å². The minimum absolute atomic E-state index is 0.138. The van der Waals surface area contributed by atoms with E-state index >= 15 is 0 Å². The van der Waals surface area contributed by atoms with Gasteiger partial charge in [0.15, 0.2) is 15.7 Å². The van der Waals surface area contributed by atoms with Gasteiger partial charge in [-0.05, 0) is 24.4 Å². The molecule has 0 bridgehead atoms. The van der Waals surface area contributed by atoms with Gasteiger partial charge in [0.1, 0.15) is 9.90 Å². The van der Waals surface area contributed by atoms with Gasteiger partial charge in [-0.1, -0.05) is 19.3 Å². The summed E-state index contributed by atoms with van der Waals surface area (Å²) in [7, 11) is -3.31. The minimum atomic E-state index is -3.31. The lowest BCUT2D eigenvalue weighted by Gasteiger charge is -2.25. The number of aromatic nitrogens is 1. The van der Waals surface area contributed by atoms with Gasteiger partial charge in [0.05, 0.1) is 0 Å². The second-order valence-corrected chi connectivity index (χ2v) is 7.43. The number of nitrogen functional groups attached to an aromatic ring is 1. The number of nitrogens with two attached hydrogens (primary N) is 1. The highest BCUT2D eigenvalue weighted by molar-refractivity contribution is 7.91. The van der Waals surface area contributed by atoms with Gasteiger partial charge in [-0.15, -0.1) is 0 Å². The third-order valence-corrected chi connectivity index (χ3v) is 5.37. The fraction of sp³-hybridized carbons (Fsp3) is 0.727. The van der Waals surface area contributed by atoms with Crippen LogP contribution in [0.2, 0.25) is 0 Å². The van der Waals surface area contributed by atoms with Crippen LogP contribution in [0.1, 0.15) is 32.1 Å². The van der Waals surface area contributed by atoms with Gasteiger partial charge in [-0.25, -0.2) is 8.42 Å². The summed E-state index contributed by atoms with van der Waals surface area (Å²) >= 11 is 1.20. The van der Waals surface area contributed by atoms with Crippen LogP contribution < -0.4 is 10.6 Å². The van der Waals surface area contributed by atoms with E-state index in [0.29, 0.717) is 0 Å². The maximum atomic E-state index is 11.8. The molecule has 0 atom stereocenters. The Morgan fingerprint density at radius 1 is 1.17 bits per heavy atom. The number of nitrogens with zero attached hydrogens (tertiary/aromatic N) is 2. The van der Waals surface area contributed by atoms with Crippen molar-refractivity contribution in [3.05, 3.63) is 0 Å². The standard InChI is InChI=1S/C11H19N3O2S2/c1-18(15,16)9-10(12)13-17-11(9)14-7-5-3-2-4-6-8-14/h2-8H2,1H3,(H2,12,13). The lowest BCUT2D eigenvalue weighted by atomic mass is 10.1. The van der Waals surface area contributed by atoms with Crippen molar-refractivity contribution in [2.24, 2.45) is 0 Å². The molecule has 0 saturated carbocycles. The Bertz CT molecular complexity index is 502. The molecule has 0 amide bonds. The zero-order valence-electron chi connectivity index (χ0n) is 10.6. The summed E-state index contributed by atoms with van der Waals surface area (Å²) < 4.78 is 27.6. The van der Waals surface area contributed by atoms with Crippen LogP contribution >= 0.6 is 11.5 Å². The average molecular weight is 289 g/mol. The molecule has 5 nitrogen and oxygen atoms in total. The first-order chi connectivity index (χ1) is 8.50. The van der Waals surface area contributed by atoms with Crippen LogP contribution in [0.3, 0.4) is 0 Å². The van der Waals surface area contributed by atoms with Crippen molar-refractivity contribution < 1.29 is 8.42 Å². The number of sulfone groups is 1. The highest BCUT2D eigenvalue weighted by Crippen LogP contribution is 2.35. The zero-order chi connectivity index (χ0) is 13.2. The fourth-order valence-corrected chi connectivity index (χ4v) is 4.54. The first kappa shape index (κ1) is 13.6. The third kappa shape index (κ3) is 2.95. The fourth-order valence-electron chi connectivity index (χ4n) is 2.29. The summed E-state index contributed by atoms with van der Waals surface area (Å²) in [5.41, 5.74) is 5.70. The minimum Gasteiger partial charge on any atom is -0.382 e. The molecule has 1 fully saturated rings. The molecule has 0 unspecified atom stereocenters. The molecule has 0 aliphatic carbocycles. The van der Waals surface area contributed by atoms with Crippen molar-refractivity contribution >= 4 is 32.2 Å².